The van der Waals surface area contributed by atoms with E-state index in [1.807, 2.05) is 54.7 Å². The Labute approximate surface area is 207 Å². The number of hydrogen-bond donors (Lipinski definition) is 2. The van der Waals surface area contributed by atoms with E-state index < -0.39 is 0 Å². The second-order valence-corrected chi connectivity index (χ2v) is 8.82. The van der Waals surface area contributed by atoms with Crippen molar-refractivity contribution in [3.05, 3.63) is 78.4 Å². The second kappa shape index (κ2) is 9.71. The van der Waals surface area contributed by atoms with Crippen LogP contribution in [0.25, 0.3) is 33.7 Å². The Bertz CT molecular complexity index is 1490. The van der Waals surface area contributed by atoms with Gasteiger partial charge in [0.05, 0.1) is 24.4 Å². The number of rotatable bonds is 7. The monoisotopic (exact) mass is 479 g/mol. The zero-order chi connectivity index (χ0) is 24.3. The number of fused-ring (bicyclic) bond motifs is 1. The van der Waals surface area contributed by atoms with Crippen molar-refractivity contribution in [3.63, 3.8) is 0 Å². The van der Waals surface area contributed by atoms with Gasteiger partial charge in [0.15, 0.2) is 5.82 Å². The number of benzene rings is 1. The first-order valence-electron chi connectivity index (χ1n) is 12.0. The number of ketones is 1. The lowest BCUT2D eigenvalue weighted by Crippen LogP contribution is -2.36. The highest BCUT2D eigenvalue weighted by atomic mass is 16.5. The second-order valence-electron chi connectivity index (χ2n) is 8.82. The molecule has 0 unspecified atom stereocenters. The van der Waals surface area contributed by atoms with E-state index in [1.54, 1.807) is 12.4 Å². The lowest BCUT2D eigenvalue weighted by molar-refractivity contribution is -0.117. The van der Waals surface area contributed by atoms with Crippen molar-refractivity contribution in [2.45, 2.75) is 12.8 Å². The van der Waals surface area contributed by atoms with Crippen LogP contribution in [0, 0.1) is 0 Å². The third-order valence-electron chi connectivity index (χ3n) is 6.32. The van der Waals surface area contributed by atoms with E-state index in [1.165, 1.54) is 0 Å². The van der Waals surface area contributed by atoms with Crippen LogP contribution < -0.4 is 4.90 Å². The summed E-state index contributed by atoms with van der Waals surface area (Å²) in [4.78, 5) is 31.8. The van der Waals surface area contributed by atoms with E-state index in [0.717, 1.165) is 63.8 Å². The summed E-state index contributed by atoms with van der Waals surface area (Å²) in [7, 11) is 0. The number of morpholine rings is 1. The van der Waals surface area contributed by atoms with Gasteiger partial charge in [0.1, 0.15) is 17.1 Å². The Morgan fingerprint density at radius 3 is 2.56 bits per heavy atom. The molecule has 1 aliphatic heterocycles. The van der Waals surface area contributed by atoms with Gasteiger partial charge in [0.25, 0.3) is 0 Å². The maximum Gasteiger partial charge on any atom is 0.156 e. The third-order valence-corrected chi connectivity index (χ3v) is 6.32. The average Bonchev–Trinajstić information content (AvgIpc) is 3.57. The first-order valence-corrected chi connectivity index (χ1v) is 12.0. The SMILES string of the molecule is O=C(Cc1ccc(-c2nc3c(N4CCOCC4)nccc3[nH]2)cc1)Cc1cc(-c2ccncc2)n[nH]1. The van der Waals surface area contributed by atoms with E-state index in [2.05, 4.69) is 30.0 Å². The Morgan fingerprint density at radius 1 is 0.944 bits per heavy atom. The molecule has 0 radical (unpaired) electrons. The van der Waals surface area contributed by atoms with E-state index in [9.17, 15) is 4.79 Å². The highest BCUT2D eigenvalue weighted by Gasteiger charge is 2.18. The predicted octanol–water partition coefficient (Wildman–Crippen LogP) is 3.60. The minimum atomic E-state index is 0.123. The normalized spacial score (nSPS) is 13.8. The Morgan fingerprint density at radius 2 is 1.75 bits per heavy atom. The van der Waals surface area contributed by atoms with Crippen LogP contribution in [-0.4, -0.2) is 62.2 Å². The molecule has 5 aromatic rings. The summed E-state index contributed by atoms with van der Waals surface area (Å²) in [6.45, 7) is 3.00. The van der Waals surface area contributed by atoms with Gasteiger partial charge in [-0.1, -0.05) is 24.3 Å². The number of imidazole rings is 1. The number of ether oxygens (including phenoxy) is 1. The molecule has 9 heteroatoms. The lowest BCUT2D eigenvalue weighted by Gasteiger charge is -2.27. The average molecular weight is 480 g/mol. The predicted molar refractivity (Wildman–Crippen MR) is 137 cm³/mol. The molecule has 0 bridgehead atoms. The summed E-state index contributed by atoms with van der Waals surface area (Å²) in [6.07, 6.45) is 5.92. The van der Waals surface area contributed by atoms with Crippen LogP contribution in [0.1, 0.15) is 11.3 Å². The fourth-order valence-electron chi connectivity index (χ4n) is 4.47. The number of aromatic nitrogens is 6. The van der Waals surface area contributed by atoms with E-state index in [0.29, 0.717) is 26.1 Å². The molecule has 6 rings (SSSR count). The molecule has 5 heterocycles. The summed E-state index contributed by atoms with van der Waals surface area (Å²) in [6, 6.07) is 15.6. The molecule has 0 atom stereocenters. The van der Waals surface area contributed by atoms with Crippen LogP contribution in [0.2, 0.25) is 0 Å². The minimum absolute atomic E-state index is 0.123. The Hall–Kier alpha value is -4.37. The summed E-state index contributed by atoms with van der Waals surface area (Å²) >= 11 is 0. The van der Waals surface area contributed by atoms with Gasteiger partial charge in [0.2, 0.25) is 0 Å². The smallest absolute Gasteiger partial charge is 0.156 e. The van der Waals surface area contributed by atoms with Crippen LogP contribution in [-0.2, 0) is 22.4 Å². The first kappa shape index (κ1) is 22.1. The highest BCUT2D eigenvalue weighted by Crippen LogP contribution is 2.27. The van der Waals surface area contributed by atoms with Crippen molar-refractivity contribution in [1.29, 1.82) is 0 Å². The molecule has 0 amide bonds. The van der Waals surface area contributed by atoms with Crippen molar-refractivity contribution in [1.82, 2.24) is 30.1 Å². The number of H-pyrrole nitrogens is 2. The number of nitrogens with one attached hydrogen (secondary N) is 2. The molecule has 180 valence electrons. The van der Waals surface area contributed by atoms with Crippen LogP contribution in [0.5, 0.6) is 0 Å². The lowest BCUT2D eigenvalue weighted by atomic mass is 10.0. The number of anilines is 1. The van der Waals surface area contributed by atoms with E-state index in [-0.39, 0.29) is 5.78 Å². The molecule has 2 N–H and O–H groups in total. The van der Waals surface area contributed by atoms with Gasteiger partial charge < -0.3 is 14.6 Å². The Balaban J connectivity index is 1.14. The van der Waals surface area contributed by atoms with Gasteiger partial charge in [-0.05, 0) is 29.8 Å². The zero-order valence-corrected chi connectivity index (χ0v) is 19.6. The van der Waals surface area contributed by atoms with Gasteiger partial charge in [-0.25, -0.2) is 9.97 Å². The van der Waals surface area contributed by atoms with Gasteiger partial charge in [-0.2, -0.15) is 5.10 Å². The molecule has 4 aromatic heterocycles. The van der Waals surface area contributed by atoms with E-state index >= 15 is 0 Å². The van der Waals surface area contributed by atoms with Crippen molar-refractivity contribution in [2.75, 3.05) is 31.2 Å². The molecule has 1 fully saturated rings. The number of pyridine rings is 2. The van der Waals surface area contributed by atoms with Crippen molar-refractivity contribution in [3.8, 4) is 22.6 Å². The van der Waals surface area contributed by atoms with Gasteiger partial charge in [-0.3, -0.25) is 14.9 Å². The standard InChI is InChI=1S/C27H25N7O2/c35-22(16-21-17-24(33-32-21)19-5-8-28-9-6-19)15-18-1-3-20(4-2-18)26-30-23-7-10-29-27(25(23)31-26)34-11-13-36-14-12-34/h1-10,17H,11-16H2,(H,30,31)(H,32,33). The van der Waals surface area contributed by atoms with Crippen LogP contribution in [0.4, 0.5) is 5.82 Å². The summed E-state index contributed by atoms with van der Waals surface area (Å²) < 4.78 is 5.47. The number of carbonyl (C=O) groups is 1. The Kier molecular flexibility index (Phi) is 5.96. The van der Waals surface area contributed by atoms with Crippen LogP contribution in [0.3, 0.4) is 0 Å². The molecule has 0 aliphatic carbocycles. The summed E-state index contributed by atoms with van der Waals surface area (Å²) in [5, 5.41) is 7.29. The summed E-state index contributed by atoms with van der Waals surface area (Å²) in [5.74, 6) is 1.79. The first-order chi connectivity index (χ1) is 17.7. The minimum Gasteiger partial charge on any atom is -0.378 e. The van der Waals surface area contributed by atoms with Gasteiger partial charge in [-0.15, -0.1) is 0 Å². The molecule has 1 aromatic carbocycles. The molecule has 0 spiro atoms. The highest BCUT2D eigenvalue weighted by molar-refractivity contribution is 5.89. The molecular formula is C27H25N7O2. The molecule has 36 heavy (non-hydrogen) atoms. The van der Waals surface area contributed by atoms with Crippen LogP contribution >= 0.6 is 0 Å². The topological polar surface area (TPSA) is 113 Å². The van der Waals surface area contributed by atoms with Crippen LogP contribution in [0.15, 0.2) is 67.1 Å². The zero-order valence-electron chi connectivity index (χ0n) is 19.6. The molecular weight excluding hydrogens is 454 g/mol. The fourth-order valence-corrected chi connectivity index (χ4v) is 4.47. The number of aromatic amines is 2. The van der Waals surface area contributed by atoms with Crippen molar-refractivity contribution in [2.24, 2.45) is 0 Å². The number of hydrogen-bond acceptors (Lipinski definition) is 7. The molecule has 1 saturated heterocycles. The van der Waals surface area contributed by atoms with Crippen molar-refractivity contribution >= 4 is 22.6 Å². The van der Waals surface area contributed by atoms with Gasteiger partial charge >= 0.3 is 0 Å². The maximum atomic E-state index is 12.7. The van der Waals surface area contributed by atoms with Crippen molar-refractivity contribution < 1.29 is 9.53 Å². The third kappa shape index (κ3) is 4.60. The number of nitrogens with zero attached hydrogens (tertiary/aromatic N) is 5. The molecule has 9 nitrogen and oxygen atoms in total. The maximum absolute atomic E-state index is 12.7. The largest absolute Gasteiger partial charge is 0.378 e. The number of carbonyl (C=O) groups excluding carboxylic acids is 1. The fraction of sp³-hybridized carbons (Fsp3) is 0.222. The number of Topliss-reactive ketones (excluding diaryl/α,β-unsaturated/α-hetero) is 1. The molecule has 0 saturated carbocycles. The summed E-state index contributed by atoms with van der Waals surface area (Å²) in [5.41, 5.74) is 6.31. The van der Waals surface area contributed by atoms with E-state index in [4.69, 9.17) is 9.72 Å². The quantitative estimate of drug-likeness (QED) is 0.367. The van der Waals surface area contributed by atoms with Gasteiger partial charge in [0, 0.05) is 61.3 Å². The molecule has 1 aliphatic rings.